The molecular weight excluding hydrogens is 292 g/mol. The summed E-state index contributed by atoms with van der Waals surface area (Å²) in [5.41, 5.74) is -0.380. The lowest BCUT2D eigenvalue weighted by Gasteiger charge is -2.19. The second kappa shape index (κ2) is 6.72. The van der Waals surface area contributed by atoms with Crippen molar-refractivity contribution in [2.75, 3.05) is 6.07 Å². The second-order valence-corrected chi connectivity index (χ2v) is 5.68. The van der Waals surface area contributed by atoms with Crippen LogP contribution in [0.4, 0.5) is 4.79 Å². The van der Waals surface area contributed by atoms with E-state index < -0.39 is 17.7 Å². The van der Waals surface area contributed by atoms with Crippen LogP contribution < -0.4 is 5.32 Å². The highest BCUT2D eigenvalue weighted by Crippen LogP contribution is 2.11. The van der Waals surface area contributed by atoms with Crippen molar-refractivity contribution in [2.24, 2.45) is 0 Å². The lowest BCUT2D eigenvalue weighted by Crippen LogP contribution is -2.32. The molecule has 19 heavy (non-hydrogen) atoms. The van der Waals surface area contributed by atoms with Crippen LogP contribution in [-0.4, -0.2) is 28.7 Å². The van der Waals surface area contributed by atoms with Gasteiger partial charge in [-0.25, -0.2) is 14.6 Å². The van der Waals surface area contributed by atoms with Crippen LogP contribution in [-0.2, 0) is 16.0 Å². The Balaban J connectivity index is 2.46. The Bertz CT molecular complexity index is 456. The van der Waals surface area contributed by atoms with Gasteiger partial charge in [-0.05, 0) is 20.8 Å². The van der Waals surface area contributed by atoms with Gasteiger partial charge in [0.05, 0.1) is 6.54 Å². The Morgan fingerprint density at radius 2 is 2.16 bits per heavy atom. The first-order valence-corrected chi connectivity index (χ1v) is 6.87. The summed E-state index contributed by atoms with van der Waals surface area (Å²) in [6.45, 7) is 5.51. The molecule has 6 nitrogen and oxygen atoms in total. The van der Waals surface area contributed by atoms with E-state index in [1.807, 2.05) is 0 Å². The Labute approximate surface area is 120 Å². The molecule has 106 valence electrons. The number of alkyl carbamates (subject to hydrolysis) is 1. The van der Waals surface area contributed by atoms with Gasteiger partial charge < -0.3 is 14.8 Å². The molecule has 0 aromatic carbocycles. The predicted octanol–water partition coefficient (Wildman–Crippen LogP) is 2.52. The van der Waals surface area contributed by atoms with Crippen LogP contribution in [0.3, 0.4) is 0 Å². The summed E-state index contributed by atoms with van der Waals surface area (Å²) in [6.07, 6.45) is -0.535. The third-order valence-electron chi connectivity index (χ3n) is 1.73. The Morgan fingerprint density at radius 1 is 1.47 bits per heavy atom. The van der Waals surface area contributed by atoms with E-state index in [-0.39, 0.29) is 18.3 Å². The number of nitrogens with zero attached hydrogens (tertiary/aromatic N) is 1. The number of hydrogen-bond acceptors (Lipinski definition) is 6. The first kappa shape index (κ1) is 15.7. The SMILES string of the molecule is CC(C)(C)OC(=O)NCc1nc(C(=O)OCCl)cs1. The van der Waals surface area contributed by atoms with E-state index in [4.69, 9.17) is 16.3 Å². The number of carbonyl (C=O) groups is 2. The minimum absolute atomic E-state index is 0.173. The quantitative estimate of drug-likeness (QED) is 0.683. The molecule has 1 amide bonds. The van der Waals surface area contributed by atoms with Gasteiger partial charge in [-0.1, -0.05) is 11.6 Å². The number of esters is 1. The van der Waals surface area contributed by atoms with Crippen molar-refractivity contribution in [2.45, 2.75) is 32.9 Å². The fourth-order valence-corrected chi connectivity index (χ4v) is 1.87. The van der Waals surface area contributed by atoms with E-state index in [0.717, 1.165) is 0 Å². The number of thiazole rings is 1. The van der Waals surface area contributed by atoms with Crippen molar-refractivity contribution in [1.82, 2.24) is 10.3 Å². The molecule has 1 rings (SSSR count). The molecule has 0 saturated heterocycles. The van der Waals surface area contributed by atoms with Crippen molar-refractivity contribution in [3.63, 3.8) is 0 Å². The molecular formula is C11H15ClN2O4S. The van der Waals surface area contributed by atoms with Gasteiger partial charge in [-0.15, -0.1) is 11.3 Å². The second-order valence-electron chi connectivity index (χ2n) is 4.52. The lowest BCUT2D eigenvalue weighted by molar-refractivity contribution is 0.0523. The Hall–Kier alpha value is -1.34. The van der Waals surface area contributed by atoms with Gasteiger partial charge in [-0.3, -0.25) is 0 Å². The normalized spacial score (nSPS) is 10.9. The Morgan fingerprint density at radius 3 is 2.74 bits per heavy atom. The van der Waals surface area contributed by atoms with E-state index in [9.17, 15) is 9.59 Å². The van der Waals surface area contributed by atoms with Crippen LogP contribution in [0.5, 0.6) is 0 Å². The smallest absolute Gasteiger partial charge is 0.408 e. The fraction of sp³-hybridized carbons (Fsp3) is 0.545. The number of alkyl halides is 1. The van der Waals surface area contributed by atoms with Crippen molar-refractivity contribution in [3.05, 3.63) is 16.1 Å². The van der Waals surface area contributed by atoms with Crippen LogP contribution in [0.15, 0.2) is 5.38 Å². The highest BCUT2D eigenvalue weighted by atomic mass is 35.5. The summed E-state index contributed by atoms with van der Waals surface area (Å²) in [5, 5.41) is 4.67. The minimum Gasteiger partial charge on any atom is -0.445 e. The number of rotatable bonds is 4. The summed E-state index contributed by atoms with van der Waals surface area (Å²) in [5.74, 6) is -0.588. The number of nitrogens with one attached hydrogen (secondary N) is 1. The van der Waals surface area contributed by atoms with Gasteiger partial charge in [0.1, 0.15) is 10.6 Å². The standard InChI is InChI=1S/C11H15ClN2O4S/c1-11(2,3)18-10(16)13-4-8-14-7(5-19-8)9(15)17-6-12/h5H,4,6H2,1-3H3,(H,13,16). The molecule has 0 atom stereocenters. The zero-order valence-electron chi connectivity index (χ0n) is 10.9. The average molecular weight is 307 g/mol. The zero-order valence-corrected chi connectivity index (χ0v) is 12.4. The third kappa shape index (κ3) is 5.89. The highest BCUT2D eigenvalue weighted by Gasteiger charge is 2.17. The molecule has 1 heterocycles. The predicted molar refractivity (Wildman–Crippen MR) is 71.3 cm³/mol. The first-order chi connectivity index (χ1) is 8.81. The number of amides is 1. The molecule has 0 aliphatic heterocycles. The van der Waals surface area contributed by atoms with Gasteiger partial charge in [0.2, 0.25) is 0 Å². The van der Waals surface area contributed by atoms with Gasteiger partial charge in [0.25, 0.3) is 0 Å². The average Bonchev–Trinajstić information content (AvgIpc) is 2.73. The maximum atomic E-state index is 11.4. The molecule has 0 saturated carbocycles. The van der Waals surface area contributed by atoms with E-state index in [1.54, 1.807) is 26.2 Å². The van der Waals surface area contributed by atoms with Gasteiger partial charge in [0, 0.05) is 5.38 Å². The van der Waals surface area contributed by atoms with Gasteiger partial charge in [0.15, 0.2) is 11.8 Å². The molecule has 1 N–H and O–H groups in total. The first-order valence-electron chi connectivity index (χ1n) is 5.46. The molecule has 0 aliphatic rings. The molecule has 8 heteroatoms. The number of hydrogen-bond donors (Lipinski definition) is 1. The highest BCUT2D eigenvalue weighted by molar-refractivity contribution is 7.09. The van der Waals surface area contributed by atoms with Crippen LogP contribution in [0.25, 0.3) is 0 Å². The summed E-state index contributed by atoms with van der Waals surface area (Å²) in [7, 11) is 0. The number of aromatic nitrogens is 1. The molecule has 1 aromatic rings. The zero-order chi connectivity index (χ0) is 14.5. The van der Waals surface area contributed by atoms with E-state index >= 15 is 0 Å². The summed E-state index contributed by atoms with van der Waals surface area (Å²) in [6, 6.07) is -0.220. The minimum atomic E-state index is -0.588. The van der Waals surface area contributed by atoms with Crippen LogP contribution in [0.1, 0.15) is 36.3 Å². The van der Waals surface area contributed by atoms with Gasteiger partial charge in [-0.2, -0.15) is 0 Å². The van der Waals surface area contributed by atoms with Crippen LogP contribution in [0, 0.1) is 0 Å². The third-order valence-corrected chi connectivity index (χ3v) is 2.69. The molecule has 0 fully saturated rings. The monoisotopic (exact) mass is 306 g/mol. The van der Waals surface area contributed by atoms with Crippen molar-refractivity contribution in [1.29, 1.82) is 0 Å². The fourth-order valence-electron chi connectivity index (χ4n) is 1.07. The summed E-state index contributed by atoms with van der Waals surface area (Å²) in [4.78, 5) is 26.7. The van der Waals surface area contributed by atoms with Crippen LogP contribution >= 0.6 is 22.9 Å². The molecule has 0 spiro atoms. The van der Waals surface area contributed by atoms with Crippen LogP contribution in [0.2, 0.25) is 0 Å². The Kier molecular flexibility index (Phi) is 5.56. The molecule has 0 bridgehead atoms. The van der Waals surface area contributed by atoms with E-state index in [2.05, 4.69) is 15.0 Å². The van der Waals surface area contributed by atoms with Crippen molar-refractivity contribution < 1.29 is 19.1 Å². The summed E-state index contributed by atoms with van der Waals surface area (Å²) < 4.78 is 9.66. The largest absolute Gasteiger partial charge is 0.445 e. The molecule has 0 aliphatic carbocycles. The molecule has 1 aromatic heterocycles. The van der Waals surface area contributed by atoms with Gasteiger partial charge >= 0.3 is 12.1 Å². The van der Waals surface area contributed by atoms with Crippen molar-refractivity contribution in [3.8, 4) is 0 Å². The number of halogens is 1. The molecule has 0 radical (unpaired) electrons. The maximum Gasteiger partial charge on any atom is 0.408 e. The molecule has 0 unspecified atom stereocenters. The lowest BCUT2D eigenvalue weighted by atomic mass is 10.2. The van der Waals surface area contributed by atoms with E-state index in [1.165, 1.54) is 11.3 Å². The summed E-state index contributed by atoms with van der Waals surface area (Å²) >= 11 is 6.51. The van der Waals surface area contributed by atoms with E-state index in [0.29, 0.717) is 5.01 Å². The maximum absolute atomic E-state index is 11.4. The topological polar surface area (TPSA) is 77.5 Å². The van der Waals surface area contributed by atoms with Crippen molar-refractivity contribution >= 4 is 35.0 Å². The number of ether oxygens (including phenoxy) is 2. The number of carbonyl (C=O) groups excluding carboxylic acids is 2.